The van der Waals surface area contributed by atoms with Crippen LogP contribution in [0.15, 0.2) is 68.8 Å². The largest absolute Gasteiger partial charge is 0.495 e. The van der Waals surface area contributed by atoms with Gasteiger partial charge in [-0.25, -0.2) is 8.42 Å². The Morgan fingerprint density at radius 1 is 1.00 bits per heavy atom. The summed E-state index contributed by atoms with van der Waals surface area (Å²) in [5.74, 6) is 0.622. The number of nitrogens with zero attached hydrogens (tertiary/aromatic N) is 3. The zero-order valence-corrected chi connectivity index (χ0v) is 19.3. The lowest BCUT2D eigenvalue weighted by Crippen LogP contribution is -2.21. The first kappa shape index (κ1) is 22.3. The minimum absolute atomic E-state index is 0.0556. The molecule has 0 radical (unpaired) electrons. The predicted octanol–water partition coefficient (Wildman–Crippen LogP) is 3.62. The van der Waals surface area contributed by atoms with E-state index in [4.69, 9.17) is 9.26 Å². The number of aryl methyl sites for hydroxylation is 3. The first-order valence-corrected chi connectivity index (χ1v) is 11.5. The van der Waals surface area contributed by atoms with Gasteiger partial charge < -0.3 is 9.26 Å². The molecule has 0 atom stereocenters. The summed E-state index contributed by atoms with van der Waals surface area (Å²) in [6.45, 7) is 5.31. The Labute approximate surface area is 190 Å². The van der Waals surface area contributed by atoms with Gasteiger partial charge in [-0.3, -0.25) is 9.52 Å². The molecule has 0 bridgehead atoms. The molecule has 4 rings (SSSR count). The summed E-state index contributed by atoms with van der Waals surface area (Å²) in [5, 5.41) is 8.30. The van der Waals surface area contributed by atoms with Gasteiger partial charge in [-0.2, -0.15) is 9.78 Å². The van der Waals surface area contributed by atoms with Crippen molar-refractivity contribution in [2.45, 2.75) is 25.7 Å². The number of methoxy groups -OCH3 is 1. The molecule has 33 heavy (non-hydrogen) atoms. The molecule has 2 heterocycles. The molecule has 0 spiro atoms. The second kappa shape index (κ2) is 8.55. The number of nitrogens with one attached hydrogen (secondary N) is 1. The van der Waals surface area contributed by atoms with Gasteiger partial charge in [0.1, 0.15) is 22.0 Å². The average molecular weight is 467 g/mol. The normalized spacial score (nSPS) is 11.4. The highest BCUT2D eigenvalue weighted by Crippen LogP contribution is 2.30. The fourth-order valence-electron chi connectivity index (χ4n) is 3.38. The van der Waals surface area contributed by atoms with Gasteiger partial charge in [0.2, 0.25) is 0 Å². The molecule has 2 aromatic carbocycles. The number of hydrogen-bond donors (Lipinski definition) is 1. The van der Waals surface area contributed by atoms with Gasteiger partial charge in [0, 0.05) is 17.3 Å². The average Bonchev–Trinajstić information content (AvgIpc) is 3.13. The van der Waals surface area contributed by atoms with Gasteiger partial charge in [-0.1, -0.05) is 22.9 Å². The first-order valence-electron chi connectivity index (χ1n) is 10.0. The molecule has 0 saturated carbocycles. The molecule has 1 N–H and O–H groups in total. The van der Waals surface area contributed by atoms with Crippen molar-refractivity contribution < 1.29 is 17.7 Å². The van der Waals surface area contributed by atoms with E-state index in [1.54, 1.807) is 38.1 Å². The van der Waals surface area contributed by atoms with Gasteiger partial charge in [0.05, 0.1) is 12.8 Å². The van der Waals surface area contributed by atoms with Crippen LogP contribution in [0.25, 0.3) is 16.9 Å². The molecular weight excluding hydrogens is 444 g/mol. The smallest absolute Gasteiger partial charge is 0.271 e. The molecule has 2 aromatic heterocycles. The Morgan fingerprint density at radius 2 is 1.73 bits per heavy atom. The quantitative estimate of drug-likeness (QED) is 0.461. The summed E-state index contributed by atoms with van der Waals surface area (Å²) in [6, 6.07) is 14.6. The molecule has 9 nitrogen and oxygen atoms in total. The Kier molecular flexibility index (Phi) is 5.77. The lowest BCUT2D eigenvalue weighted by atomic mass is 10.1. The van der Waals surface area contributed by atoms with Crippen molar-refractivity contribution >= 4 is 15.7 Å². The number of hydrogen-bond acceptors (Lipinski definition) is 7. The van der Waals surface area contributed by atoms with Gasteiger partial charge >= 0.3 is 0 Å². The molecule has 170 valence electrons. The fourth-order valence-corrected chi connectivity index (χ4v) is 4.64. The van der Waals surface area contributed by atoms with Crippen molar-refractivity contribution in [1.82, 2.24) is 14.9 Å². The Balaban J connectivity index is 1.80. The third kappa shape index (κ3) is 4.37. The molecule has 0 aliphatic heterocycles. The highest BCUT2D eigenvalue weighted by atomic mass is 32.2. The molecule has 0 aliphatic carbocycles. The summed E-state index contributed by atoms with van der Waals surface area (Å²) < 4.78 is 40.5. The Morgan fingerprint density at radius 3 is 2.36 bits per heavy atom. The highest BCUT2D eigenvalue weighted by Gasteiger charge is 2.22. The number of ether oxygens (including phenoxy) is 1. The zero-order valence-electron chi connectivity index (χ0n) is 18.5. The van der Waals surface area contributed by atoms with Gasteiger partial charge in [0.25, 0.3) is 15.6 Å². The SMILES string of the molecule is COc1ccc(-c2ccc(=O)n(-c3c(C)noc3C)n2)cc1S(=O)(=O)Nc1ccc(C)cc1. The van der Waals surface area contributed by atoms with E-state index < -0.39 is 10.0 Å². The summed E-state index contributed by atoms with van der Waals surface area (Å²) >= 11 is 0. The molecule has 0 amide bonds. The van der Waals surface area contributed by atoms with Gasteiger partial charge in [0.15, 0.2) is 5.76 Å². The van der Waals surface area contributed by atoms with Crippen LogP contribution < -0.4 is 15.0 Å². The van der Waals surface area contributed by atoms with Crippen LogP contribution in [0.2, 0.25) is 0 Å². The van der Waals surface area contributed by atoms with E-state index in [1.165, 1.54) is 30.0 Å². The Bertz CT molecular complexity index is 1470. The van der Waals surface area contributed by atoms with Crippen molar-refractivity contribution in [1.29, 1.82) is 0 Å². The standard InChI is InChI=1S/C23H22N4O5S/c1-14-5-8-18(9-6-14)26-33(29,30)21-13-17(7-11-20(21)31-4)19-10-12-22(28)27(24-19)23-15(2)25-32-16(23)3/h5-13,26H,1-4H3. The molecule has 0 saturated heterocycles. The molecule has 10 heteroatoms. The Hall–Kier alpha value is -3.92. The van der Waals surface area contributed by atoms with E-state index in [1.807, 2.05) is 19.1 Å². The van der Waals surface area contributed by atoms with Gasteiger partial charge in [-0.15, -0.1) is 0 Å². The van der Waals surface area contributed by atoms with Crippen LogP contribution in [0.1, 0.15) is 17.0 Å². The van der Waals surface area contributed by atoms with Crippen molar-refractivity contribution in [3.63, 3.8) is 0 Å². The summed E-state index contributed by atoms with van der Waals surface area (Å²) in [4.78, 5) is 12.4. The second-order valence-electron chi connectivity index (χ2n) is 7.48. The maximum absolute atomic E-state index is 13.2. The monoisotopic (exact) mass is 466 g/mol. The van der Waals surface area contributed by atoms with E-state index in [2.05, 4.69) is 15.0 Å². The van der Waals surface area contributed by atoms with E-state index >= 15 is 0 Å². The van der Waals surface area contributed by atoms with Crippen molar-refractivity contribution in [2.24, 2.45) is 0 Å². The third-order valence-corrected chi connectivity index (χ3v) is 6.46. The second-order valence-corrected chi connectivity index (χ2v) is 9.13. The molecule has 4 aromatic rings. The maximum Gasteiger partial charge on any atom is 0.271 e. The van der Waals surface area contributed by atoms with Crippen LogP contribution in [0.5, 0.6) is 5.75 Å². The fraction of sp³-hybridized carbons (Fsp3) is 0.174. The predicted molar refractivity (Wildman–Crippen MR) is 123 cm³/mol. The van der Waals surface area contributed by atoms with Crippen molar-refractivity contribution in [3.8, 4) is 22.7 Å². The van der Waals surface area contributed by atoms with Crippen molar-refractivity contribution in [3.05, 3.63) is 82.0 Å². The van der Waals surface area contributed by atoms with Crippen LogP contribution in [0.4, 0.5) is 5.69 Å². The van der Waals surface area contributed by atoms with Crippen LogP contribution in [-0.2, 0) is 10.0 Å². The van der Waals surface area contributed by atoms with Crippen LogP contribution in [-0.4, -0.2) is 30.5 Å². The molecular formula is C23H22N4O5S. The van der Waals surface area contributed by atoms with Gasteiger partial charge in [-0.05, 0) is 57.2 Å². The number of sulfonamides is 1. The van der Waals surface area contributed by atoms with E-state index in [9.17, 15) is 13.2 Å². The summed E-state index contributed by atoms with van der Waals surface area (Å²) in [6.07, 6.45) is 0. The summed E-state index contributed by atoms with van der Waals surface area (Å²) in [5.41, 5.74) is 2.92. The van der Waals surface area contributed by atoms with Crippen LogP contribution >= 0.6 is 0 Å². The molecule has 0 fully saturated rings. The van der Waals surface area contributed by atoms with Crippen molar-refractivity contribution in [2.75, 3.05) is 11.8 Å². The lowest BCUT2D eigenvalue weighted by molar-refractivity contribution is 0.392. The van der Waals surface area contributed by atoms with E-state index in [0.717, 1.165) is 5.56 Å². The topological polar surface area (TPSA) is 116 Å². The highest BCUT2D eigenvalue weighted by molar-refractivity contribution is 7.92. The zero-order chi connectivity index (χ0) is 23.8. The summed E-state index contributed by atoms with van der Waals surface area (Å²) in [7, 11) is -2.57. The first-order chi connectivity index (χ1) is 15.7. The van der Waals surface area contributed by atoms with E-state index in [0.29, 0.717) is 34.1 Å². The molecule has 0 aliphatic rings. The molecule has 0 unspecified atom stereocenters. The lowest BCUT2D eigenvalue weighted by Gasteiger charge is -2.14. The minimum Gasteiger partial charge on any atom is -0.495 e. The number of aromatic nitrogens is 3. The number of benzene rings is 2. The number of anilines is 1. The minimum atomic E-state index is -3.97. The van der Waals surface area contributed by atoms with E-state index in [-0.39, 0.29) is 16.2 Å². The van der Waals surface area contributed by atoms with Crippen LogP contribution in [0, 0.1) is 20.8 Å². The number of rotatable bonds is 6. The third-order valence-electron chi connectivity index (χ3n) is 5.06. The van der Waals surface area contributed by atoms with Crippen LogP contribution in [0.3, 0.4) is 0 Å². The maximum atomic E-state index is 13.2.